The Morgan fingerprint density at radius 1 is 1.75 bits per heavy atom. The van der Waals surface area contributed by atoms with Crippen molar-refractivity contribution >= 4 is 24.0 Å². The van der Waals surface area contributed by atoms with Crippen LogP contribution in [0.4, 0.5) is 0 Å². The van der Waals surface area contributed by atoms with Crippen molar-refractivity contribution in [2.24, 2.45) is 5.73 Å². The van der Waals surface area contributed by atoms with Crippen molar-refractivity contribution in [1.29, 1.82) is 0 Å². The molecule has 4 heavy (non-hydrogen) atoms. The molecule has 0 aromatic rings. The van der Waals surface area contributed by atoms with E-state index in [1.807, 2.05) is 0 Å². The van der Waals surface area contributed by atoms with Gasteiger partial charge in [-0.2, -0.15) is 0 Å². The molecular weight excluding hydrogens is 165 g/mol. The van der Waals surface area contributed by atoms with Gasteiger partial charge in [-0.15, -0.1) is 24.0 Å². The van der Waals surface area contributed by atoms with Crippen LogP contribution in [0.2, 0.25) is 0 Å². The van der Waals surface area contributed by atoms with E-state index in [1.54, 1.807) is 0 Å². The van der Waals surface area contributed by atoms with Gasteiger partial charge in [0.25, 0.3) is 0 Å². The van der Waals surface area contributed by atoms with Crippen molar-refractivity contribution in [3.05, 3.63) is 12.8 Å². The summed E-state index contributed by atoms with van der Waals surface area (Å²) < 4.78 is 0. The van der Waals surface area contributed by atoms with Gasteiger partial charge in [0.15, 0.2) is 0 Å². The van der Waals surface area contributed by atoms with E-state index in [9.17, 15) is 0 Å². The van der Waals surface area contributed by atoms with E-state index in [0.717, 1.165) is 0 Å². The van der Waals surface area contributed by atoms with Crippen LogP contribution >= 0.6 is 24.0 Å². The molecule has 26 valence electrons. The van der Waals surface area contributed by atoms with Crippen LogP contribution in [0.1, 0.15) is 0 Å². The van der Waals surface area contributed by atoms with E-state index in [4.69, 9.17) is 0 Å². The van der Waals surface area contributed by atoms with Crippen molar-refractivity contribution < 1.29 is 0 Å². The fourth-order valence-corrected chi connectivity index (χ4v) is 0. The van der Waals surface area contributed by atoms with Gasteiger partial charge in [0.2, 0.25) is 0 Å². The van der Waals surface area contributed by atoms with Crippen LogP contribution in [0.5, 0.6) is 0 Å². The predicted octanol–water partition coefficient (Wildman–Crippen LogP) is 0.707. The molecule has 0 spiro atoms. The van der Waals surface area contributed by atoms with Gasteiger partial charge in [-0.1, -0.05) is 6.58 Å². The number of nitrogens with two attached hydrogens (primary N) is 1. The summed E-state index contributed by atoms with van der Waals surface area (Å²) in [5.41, 5.74) is 4.61. The van der Waals surface area contributed by atoms with Crippen LogP contribution < -0.4 is 5.73 Å². The molecule has 0 heterocycles. The second kappa shape index (κ2) is 10.4. The number of halogens is 1. The van der Waals surface area contributed by atoms with Gasteiger partial charge in [-0.25, -0.2) is 0 Å². The Kier molecular flexibility index (Phi) is 23.1. The maximum Gasteiger partial charge on any atom is -0.0136 e. The van der Waals surface area contributed by atoms with E-state index in [0.29, 0.717) is 0 Å². The molecule has 0 saturated heterocycles. The Hall–Kier alpha value is 0.270. The molecule has 1 nitrogen and oxygen atoms in total. The summed E-state index contributed by atoms with van der Waals surface area (Å²) in [7, 11) is 0. The minimum absolute atomic E-state index is 0. The molecule has 0 saturated carbocycles. The molecule has 0 bridgehead atoms. The van der Waals surface area contributed by atoms with Gasteiger partial charge in [-0.3, -0.25) is 0 Å². The molecule has 0 rings (SSSR count). The van der Waals surface area contributed by atoms with Gasteiger partial charge in [0.05, 0.1) is 0 Å². The highest BCUT2D eigenvalue weighted by molar-refractivity contribution is 14.0. The first-order valence-electron chi connectivity index (χ1n) is 0.742. The molecule has 0 amide bonds. The minimum Gasteiger partial charge on any atom is -0.405 e. The topological polar surface area (TPSA) is 26.0 Å². The largest absolute Gasteiger partial charge is 0.405 e. The lowest BCUT2D eigenvalue weighted by Gasteiger charge is -1.40. The highest BCUT2D eigenvalue weighted by atomic mass is 127. The fraction of sp³-hybridized carbons (Fsp3) is 0. The highest BCUT2D eigenvalue weighted by Gasteiger charge is 1.09. The summed E-state index contributed by atoms with van der Waals surface area (Å²) >= 11 is 0. The zero-order valence-corrected chi connectivity index (χ0v) is 4.60. The molecule has 0 fully saturated rings. The first-order valence-corrected chi connectivity index (χ1v) is 0.742. The smallest absolute Gasteiger partial charge is 0.0136 e. The predicted molar refractivity (Wildman–Crippen MR) is 29.8 cm³/mol. The van der Waals surface area contributed by atoms with Gasteiger partial charge < -0.3 is 5.73 Å². The highest BCUT2D eigenvalue weighted by Crippen LogP contribution is 1.13. The lowest BCUT2D eigenvalue weighted by Crippen LogP contribution is -1.67. The van der Waals surface area contributed by atoms with Crippen LogP contribution in [0.3, 0.4) is 0 Å². The normalized spacial score (nSPS) is 3.00. The van der Waals surface area contributed by atoms with Crippen molar-refractivity contribution in [2.45, 2.75) is 0 Å². The maximum absolute atomic E-state index is 4.61. The molecule has 2 heteroatoms. The molecule has 0 radical (unpaired) electrons. The molecule has 0 aliphatic heterocycles. The van der Waals surface area contributed by atoms with Crippen LogP contribution in [0.25, 0.3) is 0 Å². The molecule has 0 aromatic carbocycles. The van der Waals surface area contributed by atoms with Gasteiger partial charge in [0, 0.05) is 0 Å². The van der Waals surface area contributed by atoms with Crippen molar-refractivity contribution in [1.82, 2.24) is 0 Å². The van der Waals surface area contributed by atoms with Gasteiger partial charge >= 0.3 is 0 Å². The van der Waals surface area contributed by atoms with Crippen molar-refractivity contribution in [3.8, 4) is 0 Å². The van der Waals surface area contributed by atoms with E-state index >= 15 is 0 Å². The van der Waals surface area contributed by atoms with Crippen molar-refractivity contribution in [2.75, 3.05) is 0 Å². The minimum atomic E-state index is 0. The molecule has 0 atom stereocenters. The lowest BCUT2D eigenvalue weighted by atomic mass is 11.1. The summed E-state index contributed by atoms with van der Waals surface area (Å²) in [5, 5.41) is 0. The summed E-state index contributed by atoms with van der Waals surface area (Å²) in [6.45, 7) is 3.14. The van der Waals surface area contributed by atoms with Crippen molar-refractivity contribution in [3.63, 3.8) is 0 Å². The Morgan fingerprint density at radius 3 is 1.75 bits per heavy atom. The zero-order valence-electron chi connectivity index (χ0n) is 2.27. The first kappa shape index (κ1) is 8.86. The molecular formula is C2H6IN. The number of hydrogen-bond donors (Lipinski definition) is 1. The second-order valence-electron chi connectivity index (χ2n) is 0.236. The van der Waals surface area contributed by atoms with Crippen LogP contribution in [0.15, 0.2) is 12.8 Å². The molecule has 0 unspecified atom stereocenters. The van der Waals surface area contributed by atoms with Gasteiger partial charge in [0.1, 0.15) is 0 Å². The van der Waals surface area contributed by atoms with E-state index in [1.165, 1.54) is 6.20 Å². The summed E-state index contributed by atoms with van der Waals surface area (Å²) in [6, 6.07) is 0. The summed E-state index contributed by atoms with van der Waals surface area (Å²) in [6.07, 6.45) is 1.25. The van der Waals surface area contributed by atoms with E-state index in [-0.39, 0.29) is 24.0 Å². The number of hydrogen-bond acceptors (Lipinski definition) is 1. The van der Waals surface area contributed by atoms with Crippen LogP contribution in [-0.2, 0) is 0 Å². The average Bonchev–Trinajstić information content (AvgIpc) is 0.918. The summed E-state index contributed by atoms with van der Waals surface area (Å²) in [5.74, 6) is 0. The van der Waals surface area contributed by atoms with Crippen LogP contribution in [0, 0.1) is 0 Å². The summed E-state index contributed by atoms with van der Waals surface area (Å²) in [4.78, 5) is 0. The first-order chi connectivity index (χ1) is 1.41. The van der Waals surface area contributed by atoms with E-state index < -0.39 is 0 Å². The Labute approximate surface area is 42.9 Å². The zero-order chi connectivity index (χ0) is 2.71. The standard InChI is InChI=1S/C2H5N.HI/c1-2-3;/h2H,1,3H2;1H. The third kappa shape index (κ3) is 50.2. The lowest BCUT2D eigenvalue weighted by molar-refractivity contribution is 1.64. The number of rotatable bonds is 0. The Balaban J connectivity index is 0. The van der Waals surface area contributed by atoms with E-state index in [2.05, 4.69) is 12.3 Å². The quantitative estimate of drug-likeness (QED) is 0.533. The third-order valence-electron chi connectivity index (χ3n) is 0. The second-order valence-corrected chi connectivity index (χ2v) is 0.236. The molecule has 0 aliphatic rings. The monoisotopic (exact) mass is 171 g/mol. The fourth-order valence-electron chi connectivity index (χ4n) is 0. The van der Waals surface area contributed by atoms with Gasteiger partial charge in [-0.05, 0) is 6.20 Å². The SMILES string of the molecule is C=CN.I. The average molecular weight is 171 g/mol. The molecule has 0 aliphatic carbocycles. The molecule has 0 aromatic heterocycles. The Morgan fingerprint density at radius 2 is 1.75 bits per heavy atom. The Bertz CT molecular complexity index is 13.5. The van der Waals surface area contributed by atoms with Crippen LogP contribution in [-0.4, -0.2) is 0 Å². The maximum atomic E-state index is 4.61. The third-order valence-corrected chi connectivity index (χ3v) is 0. The molecule has 2 N–H and O–H groups in total.